The Morgan fingerprint density at radius 3 is 2.92 bits per heavy atom. The molecule has 0 aromatic heterocycles. The van der Waals surface area contributed by atoms with E-state index in [0.717, 1.165) is 12.6 Å². The van der Waals surface area contributed by atoms with Crippen molar-refractivity contribution in [3.05, 3.63) is 0 Å². The summed E-state index contributed by atoms with van der Waals surface area (Å²) in [6.07, 6.45) is 5.56. The largest absolute Gasteiger partial charge is 0.317 e. The summed E-state index contributed by atoms with van der Waals surface area (Å²) in [5.74, 6) is 0. The van der Waals surface area contributed by atoms with Crippen LogP contribution in [0.3, 0.4) is 0 Å². The monoisotopic (exact) mass is 170 g/mol. The summed E-state index contributed by atoms with van der Waals surface area (Å²) in [5, 5.41) is 3.39. The molecule has 2 nitrogen and oxygen atoms in total. The fourth-order valence-electron chi connectivity index (χ4n) is 1.95. The summed E-state index contributed by atoms with van der Waals surface area (Å²) in [4.78, 5) is 2.51. The van der Waals surface area contributed by atoms with Crippen LogP contribution in [0.1, 0.15) is 32.6 Å². The molecule has 0 saturated carbocycles. The normalized spacial score (nSPS) is 26.0. The molecule has 0 aromatic rings. The van der Waals surface area contributed by atoms with Crippen LogP contribution in [0.25, 0.3) is 0 Å². The van der Waals surface area contributed by atoms with Gasteiger partial charge in [-0.15, -0.1) is 0 Å². The van der Waals surface area contributed by atoms with Crippen LogP contribution in [0.2, 0.25) is 0 Å². The molecule has 0 spiro atoms. The Hall–Kier alpha value is -0.0800. The molecule has 0 radical (unpaired) electrons. The molecule has 0 amide bonds. The van der Waals surface area contributed by atoms with Gasteiger partial charge in [-0.3, -0.25) is 0 Å². The minimum absolute atomic E-state index is 0.845. The molecule has 72 valence electrons. The average Bonchev–Trinajstić information content (AvgIpc) is 2.09. The van der Waals surface area contributed by atoms with E-state index in [9.17, 15) is 0 Å². The number of hydrogen-bond donors (Lipinski definition) is 1. The zero-order chi connectivity index (χ0) is 8.81. The second-order valence-corrected chi connectivity index (χ2v) is 3.77. The third kappa shape index (κ3) is 3.11. The molecule has 1 fully saturated rings. The molecule has 2 heteroatoms. The third-order valence-electron chi connectivity index (χ3n) is 2.83. The second-order valence-electron chi connectivity index (χ2n) is 3.77. The Labute approximate surface area is 76.3 Å². The quantitative estimate of drug-likeness (QED) is 0.643. The van der Waals surface area contributed by atoms with Crippen LogP contribution in [0.15, 0.2) is 0 Å². The van der Waals surface area contributed by atoms with Crippen molar-refractivity contribution in [2.24, 2.45) is 0 Å². The molecule has 1 aliphatic heterocycles. The van der Waals surface area contributed by atoms with E-state index in [2.05, 4.69) is 24.2 Å². The first kappa shape index (κ1) is 10.0. The van der Waals surface area contributed by atoms with Crippen LogP contribution in [0.5, 0.6) is 0 Å². The molecule has 0 aromatic carbocycles. The zero-order valence-electron chi connectivity index (χ0n) is 8.47. The molecule has 1 heterocycles. The van der Waals surface area contributed by atoms with E-state index in [0.29, 0.717) is 0 Å². The first-order chi connectivity index (χ1) is 5.84. The number of hydrogen-bond acceptors (Lipinski definition) is 2. The highest BCUT2D eigenvalue weighted by atomic mass is 15.1. The number of piperidine rings is 1. The lowest BCUT2D eigenvalue weighted by Crippen LogP contribution is -2.38. The molecular weight excluding hydrogens is 148 g/mol. The van der Waals surface area contributed by atoms with Crippen molar-refractivity contribution in [3.8, 4) is 0 Å². The fourth-order valence-corrected chi connectivity index (χ4v) is 1.95. The van der Waals surface area contributed by atoms with E-state index < -0.39 is 0 Å². The molecule has 1 unspecified atom stereocenters. The van der Waals surface area contributed by atoms with Crippen molar-refractivity contribution < 1.29 is 0 Å². The Morgan fingerprint density at radius 2 is 2.25 bits per heavy atom. The van der Waals surface area contributed by atoms with Crippen LogP contribution in [-0.4, -0.2) is 37.6 Å². The predicted molar refractivity (Wildman–Crippen MR) is 53.4 cm³/mol. The maximum atomic E-state index is 3.39. The summed E-state index contributed by atoms with van der Waals surface area (Å²) in [5.41, 5.74) is 0. The van der Waals surface area contributed by atoms with Gasteiger partial charge in [-0.2, -0.15) is 0 Å². The van der Waals surface area contributed by atoms with E-state index in [4.69, 9.17) is 0 Å². The van der Waals surface area contributed by atoms with Gasteiger partial charge in [0.1, 0.15) is 0 Å². The van der Waals surface area contributed by atoms with Gasteiger partial charge in [0.15, 0.2) is 0 Å². The Kier molecular flexibility index (Phi) is 4.62. The summed E-state index contributed by atoms with van der Waals surface area (Å²) in [7, 11) is 2.26. The van der Waals surface area contributed by atoms with Gasteiger partial charge in [-0.1, -0.05) is 13.3 Å². The molecule has 1 atom stereocenters. The van der Waals surface area contributed by atoms with Crippen molar-refractivity contribution in [3.63, 3.8) is 0 Å². The highest BCUT2D eigenvalue weighted by Gasteiger charge is 2.17. The molecule has 1 rings (SSSR count). The first-order valence-corrected chi connectivity index (χ1v) is 5.25. The van der Waals surface area contributed by atoms with Crippen molar-refractivity contribution >= 4 is 0 Å². The highest BCUT2D eigenvalue weighted by molar-refractivity contribution is 4.74. The van der Waals surface area contributed by atoms with Gasteiger partial charge in [0, 0.05) is 6.04 Å². The summed E-state index contributed by atoms with van der Waals surface area (Å²) in [6.45, 7) is 5.77. The molecule has 0 aliphatic carbocycles. The van der Waals surface area contributed by atoms with Gasteiger partial charge in [0.05, 0.1) is 0 Å². The number of rotatable bonds is 4. The van der Waals surface area contributed by atoms with Crippen LogP contribution in [0, 0.1) is 0 Å². The number of likely N-dealkylation sites (tertiary alicyclic amines) is 1. The SMILES string of the molecule is CCNCCC1CCCCN1C. The van der Waals surface area contributed by atoms with E-state index in [1.54, 1.807) is 0 Å². The van der Waals surface area contributed by atoms with Crippen molar-refractivity contribution in [2.75, 3.05) is 26.7 Å². The van der Waals surface area contributed by atoms with Gasteiger partial charge >= 0.3 is 0 Å². The zero-order valence-corrected chi connectivity index (χ0v) is 8.47. The van der Waals surface area contributed by atoms with Crippen LogP contribution in [0.4, 0.5) is 0 Å². The molecule has 1 saturated heterocycles. The molecule has 1 N–H and O–H groups in total. The Balaban J connectivity index is 2.11. The lowest BCUT2D eigenvalue weighted by molar-refractivity contribution is 0.176. The lowest BCUT2D eigenvalue weighted by Gasteiger charge is -2.32. The average molecular weight is 170 g/mol. The first-order valence-electron chi connectivity index (χ1n) is 5.25. The van der Waals surface area contributed by atoms with Gasteiger partial charge in [-0.25, -0.2) is 0 Å². The number of nitrogens with zero attached hydrogens (tertiary/aromatic N) is 1. The van der Waals surface area contributed by atoms with Crippen molar-refractivity contribution in [1.29, 1.82) is 0 Å². The predicted octanol–water partition coefficient (Wildman–Crippen LogP) is 1.47. The molecule has 0 bridgehead atoms. The van der Waals surface area contributed by atoms with E-state index in [1.807, 2.05) is 0 Å². The molecular formula is C10H22N2. The summed E-state index contributed by atoms with van der Waals surface area (Å²) in [6, 6.07) is 0.845. The Morgan fingerprint density at radius 1 is 1.42 bits per heavy atom. The molecule has 12 heavy (non-hydrogen) atoms. The van der Waals surface area contributed by atoms with Crippen LogP contribution < -0.4 is 5.32 Å². The smallest absolute Gasteiger partial charge is 0.0104 e. The summed E-state index contributed by atoms with van der Waals surface area (Å²) < 4.78 is 0. The molecule has 1 aliphatic rings. The van der Waals surface area contributed by atoms with Crippen LogP contribution in [-0.2, 0) is 0 Å². The minimum atomic E-state index is 0.845. The number of nitrogens with one attached hydrogen (secondary N) is 1. The van der Waals surface area contributed by atoms with Gasteiger partial charge in [0.2, 0.25) is 0 Å². The standard InChI is InChI=1S/C10H22N2/c1-3-11-8-7-10-6-4-5-9-12(10)2/h10-11H,3-9H2,1-2H3. The Bertz CT molecular complexity index is 114. The highest BCUT2D eigenvalue weighted by Crippen LogP contribution is 2.16. The third-order valence-corrected chi connectivity index (χ3v) is 2.83. The van der Waals surface area contributed by atoms with Gasteiger partial charge < -0.3 is 10.2 Å². The second kappa shape index (κ2) is 5.55. The van der Waals surface area contributed by atoms with Crippen molar-refractivity contribution in [2.45, 2.75) is 38.6 Å². The topological polar surface area (TPSA) is 15.3 Å². The van der Waals surface area contributed by atoms with Gasteiger partial charge in [-0.05, 0) is 45.9 Å². The minimum Gasteiger partial charge on any atom is -0.317 e. The van der Waals surface area contributed by atoms with Crippen molar-refractivity contribution in [1.82, 2.24) is 10.2 Å². The fraction of sp³-hybridized carbons (Fsp3) is 1.00. The lowest BCUT2D eigenvalue weighted by atomic mass is 10.0. The van der Waals surface area contributed by atoms with E-state index >= 15 is 0 Å². The van der Waals surface area contributed by atoms with E-state index in [1.165, 1.54) is 38.8 Å². The summed E-state index contributed by atoms with van der Waals surface area (Å²) >= 11 is 0. The maximum Gasteiger partial charge on any atom is 0.0104 e. The maximum absolute atomic E-state index is 3.39. The van der Waals surface area contributed by atoms with Crippen LogP contribution >= 0.6 is 0 Å². The van der Waals surface area contributed by atoms with Gasteiger partial charge in [0.25, 0.3) is 0 Å². The van der Waals surface area contributed by atoms with E-state index in [-0.39, 0.29) is 0 Å².